The number of nitrogens with zero attached hydrogens (tertiary/aromatic N) is 3. The van der Waals surface area contributed by atoms with Crippen molar-refractivity contribution in [3.63, 3.8) is 0 Å². The number of hydrogen-bond acceptors (Lipinski definition) is 3. The fourth-order valence-electron chi connectivity index (χ4n) is 1.49. The van der Waals surface area contributed by atoms with Gasteiger partial charge in [0.25, 0.3) is 0 Å². The molecule has 2 aromatic heterocycles. The Morgan fingerprint density at radius 3 is 2.93 bits per heavy atom. The molecule has 0 aliphatic rings. The summed E-state index contributed by atoms with van der Waals surface area (Å²) < 4.78 is 0.999. The number of H-pyrrole nitrogens is 1. The third-order valence-electron chi connectivity index (χ3n) is 2.13. The minimum absolute atomic E-state index is 0.782. The average molecular weight is 249 g/mol. The number of aromatic amines is 1. The van der Waals surface area contributed by atoms with E-state index in [1.807, 2.05) is 18.2 Å². The first kappa shape index (κ1) is 7.87. The lowest BCUT2D eigenvalue weighted by molar-refractivity contribution is 1.12. The molecule has 0 unspecified atom stereocenters. The van der Waals surface area contributed by atoms with Crippen molar-refractivity contribution in [3.05, 3.63) is 28.9 Å². The van der Waals surface area contributed by atoms with E-state index >= 15 is 0 Å². The monoisotopic (exact) mass is 248 g/mol. The van der Waals surface area contributed by atoms with Gasteiger partial charge in [0.2, 0.25) is 0 Å². The van der Waals surface area contributed by atoms with Crippen molar-refractivity contribution in [2.45, 2.75) is 0 Å². The molecule has 3 rings (SSSR count). The zero-order valence-electron chi connectivity index (χ0n) is 7.03. The molecule has 0 atom stereocenters. The SMILES string of the molecule is Brc1cccc2nnc3cn[nH]c3c12. The van der Waals surface area contributed by atoms with Crippen LogP contribution in [0, 0.1) is 0 Å². The van der Waals surface area contributed by atoms with Crippen molar-refractivity contribution in [1.29, 1.82) is 0 Å². The number of hydrogen-bond donors (Lipinski definition) is 1. The van der Waals surface area contributed by atoms with Crippen LogP contribution in [-0.2, 0) is 0 Å². The molecule has 14 heavy (non-hydrogen) atoms. The summed E-state index contributed by atoms with van der Waals surface area (Å²) in [7, 11) is 0. The Morgan fingerprint density at radius 2 is 2.00 bits per heavy atom. The molecule has 0 saturated carbocycles. The highest BCUT2D eigenvalue weighted by Crippen LogP contribution is 2.26. The van der Waals surface area contributed by atoms with E-state index in [1.165, 1.54) is 0 Å². The van der Waals surface area contributed by atoms with Crippen LogP contribution in [0.1, 0.15) is 0 Å². The summed E-state index contributed by atoms with van der Waals surface area (Å²) in [5.41, 5.74) is 2.56. The smallest absolute Gasteiger partial charge is 0.131 e. The second-order valence-corrected chi connectivity index (χ2v) is 3.82. The third kappa shape index (κ3) is 0.957. The van der Waals surface area contributed by atoms with Gasteiger partial charge in [-0.1, -0.05) is 22.0 Å². The third-order valence-corrected chi connectivity index (χ3v) is 2.79. The van der Waals surface area contributed by atoms with Crippen LogP contribution in [0.2, 0.25) is 0 Å². The Balaban J connectivity index is 2.67. The van der Waals surface area contributed by atoms with Crippen LogP contribution in [0.4, 0.5) is 0 Å². The molecule has 1 aromatic carbocycles. The van der Waals surface area contributed by atoms with Gasteiger partial charge in [-0.15, -0.1) is 10.2 Å². The second kappa shape index (κ2) is 2.75. The summed E-state index contributed by atoms with van der Waals surface area (Å²) in [6.45, 7) is 0. The lowest BCUT2D eigenvalue weighted by Crippen LogP contribution is -1.86. The molecule has 0 amide bonds. The van der Waals surface area contributed by atoms with Gasteiger partial charge < -0.3 is 0 Å². The molecule has 3 aromatic rings. The molecule has 0 fully saturated rings. The molecular weight excluding hydrogens is 244 g/mol. The highest BCUT2D eigenvalue weighted by molar-refractivity contribution is 9.10. The van der Waals surface area contributed by atoms with Crippen molar-refractivity contribution in [2.75, 3.05) is 0 Å². The molecule has 2 heterocycles. The van der Waals surface area contributed by atoms with Gasteiger partial charge >= 0.3 is 0 Å². The summed E-state index contributed by atoms with van der Waals surface area (Å²) in [4.78, 5) is 0. The van der Waals surface area contributed by atoms with Gasteiger partial charge in [-0.3, -0.25) is 5.10 Å². The molecular formula is C9H5BrN4. The lowest BCUT2D eigenvalue weighted by atomic mass is 10.2. The zero-order chi connectivity index (χ0) is 9.54. The molecule has 1 N–H and O–H groups in total. The first-order valence-electron chi connectivity index (χ1n) is 4.10. The van der Waals surface area contributed by atoms with Crippen LogP contribution in [0.3, 0.4) is 0 Å². The van der Waals surface area contributed by atoms with Crippen molar-refractivity contribution >= 4 is 37.9 Å². The Kier molecular flexibility index (Phi) is 1.55. The topological polar surface area (TPSA) is 54.5 Å². The standard InChI is InChI=1S/C9H5BrN4/c10-5-2-1-3-6-8(5)9-7(13-12-6)4-11-14-9/h1-4H,(H,11,14). The molecule has 4 nitrogen and oxygen atoms in total. The minimum atomic E-state index is 0.782. The number of halogens is 1. The van der Waals surface area contributed by atoms with E-state index in [4.69, 9.17) is 0 Å². The van der Waals surface area contributed by atoms with E-state index in [9.17, 15) is 0 Å². The largest absolute Gasteiger partial charge is 0.275 e. The van der Waals surface area contributed by atoms with Gasteiger partial charge in [0.1, 0.15) is 5.52 Å². The van der Waals surface area contributed by atoms with Crippen LogP contribution in [0.5, 0.6) is 0 Å². The summed E-state index contributed by atoms with van der Waals surface area (Å²) in [5.74, 6) is 0. The molecule has 5 heteroatoms. The van der Waals surface area contributed by atoms with E-state index in [1.54, 1.807) is 6.20 Å². The predicted octanol–water partition coefficient (Wildman–Crippen LogP) is 2.27. The second-order valence-electron chi connectivity index (χ2n) is 2.96. The zero-order valence-corrected chi connectivity index (χ0v) is 8.62. The fraction of sp³-hybridized carbons (Fsp3) is 0. The molecule has 0 spiro atoms. The van der Waals surface area contributed by atoms with Gasteiger partial charge in [-0.2, -0.15) is 5.10 Å². The summed E-state index contributed by atoms with van der Waals surface area (Å²) in [6, 6.07) is 5.83. The fourth-order valence-corrected chi connectivity index (χ4v) is 2.04. The van der Waals surface area contributed by atoms with Crippen LogP contribution >= 0.6 is 15.9 Å². The van der Waals surface area contributed by atoms with Crippen molar-refractivity contribution in [1.82, 2.24) is 20.4 Å². The summed E-state index contributed by atoms with van der Waals surface area (Å²) >= 11 is 3.49. The van der Waals surface area contributed by atoms with Gasteiger partial charge in [0.05, 0.1) is 17.2 Å². The summed E-state index contributed by atoms with van der Waals surface area (Å²) in [5, 5.41) is 16.0. The highest BCUT2D eigenvalue weighted by atomic mass is 79.9. The Bertz CT molecular complexity index is 616. The average Bonchev–Trinajstić information content (AvgIpc) is 2.65. The first-order valence-corrected chi connectivity index (χ1v) is 4.89. The highest BCUT2D eigenvalue weighted by Gasteiger charge is 2.06. The number of fused-ring (bicyclic) bond motifs is 3. The quantitative estimate of drug-likeness (QED) is 0.664. The molecule has 0 radical (unpaired) electrons. The number of nitrogens with one attached hydrogen (secondary N) is 1. The molecule has 68 valence electrons. The van der Waals surface area contributed by atoms with Gasteiger partial charge in [0, 0.05) is 9.86 Å². The molecule has 0 aliphatic carbocycles. The predicted molar refractivity (Wildman–Crippen MR) is 56.9 cm³/mol. The Labute approximate surface area is 87.5 Å². The Hall–Kier alpha value is -1.49. The molecule has 0 aliphatic heterocycles. The van der Waals surface area contributed by atoms with Crippen LogP contribution in [0.25, 0.3) is 21.9 Å². The van der Waals surface area contributed by atoms with Gasteiger partial charge in [-0.05, 0) is 12.1 Å². The lowest BCUT2D eigenvalue weighted by Gasteiger charge is -1.98. The maximum Gasteiger partial charge on any atom is 0.131 e. The van der Waals surface area contributed by atoms with Crippen LogP contribution < -0.4 is 0 Å². The molecule has 0 bridgehead atoms. The van der Waals surface area contributed by atoms with Crippen molar-refractivity contribution < 1.29 is 0 Å². The first-order chi connectivity index (χ1) is 6.86. The van der Waals surface area contributed by atoms with Crippen molar-refractivity contribution in [2.24, 2.45) is 0 Å². The van der Waals surface area contributed by atoms with E-state index < -0.39 is 0 Å². The minimum Gasteiger partial charge on any atom is -0.275 e. The van der Waals surface area contributed by atoms with E-state index in [2.05, 4.69) is 36.3 Å². The Morgan fingerprint density at radius 1 is 1.14 bits per heavy atom. The van der Waals surface area contributed by atoms with Crippen LogP contribution in [-0.4, -0.2) is 20.4 Å². The number of rotatable bonds is 0. The van der Waals surface area contributed by atoms with Gasteiger partial charge in [0.15, 0.2) is 0 Å². The van der Waals surface area contributed by atoms with E-state index in [-0.39, 0.29) is 0 Å². The van der Waals surface area contributed by atoms with Gasteiger partial charge in [-0.25, -0.2) is 0 Å². The van der Waals surface area contributed by atoms with E-state index in [0.29, 0.717) is 0 Å². The molecule has 0 saturated heterocycles. The summed E-state index contributed by atoms with van der Waals surface area (Å²) in [6.07, 6.45) is 1.67. The maximum atomic E-state index is 4.10. The number of aromatic nitrogens is 4. The maximum absolute atomic E-state index is 4.10. The normalized spacial score (nSPS) is 11.2. The van der Waals surface area contributed by atoms with Crippen LogP contribution in [0.15, 0.2) is 28.9 Å². The van der Waals surface area contributed by atoms with Crippen molar-refractivity contribution in [3.8, 4) is 0 Å². The van der Waals surface area contributed by atoms with E-state index in [0.717, 1.165) is 26.4 Å². The number of benzene rings is 1.